The summed E-state index contributed by atoms with van der Waals surface area (Å²) in [6, 6.07) is 11.5. The predicted octanol–water partition coefficient (Wildman–Crippen LogP) is 4.23. The second-order valence-electron chi connectivity index (χ2n) is 5.75. The summed E-state index contributed by atoms with van der Waals surface area (Å²) >= 11 is 11.8. The summed E-state index contributed by atoms with van der Waals surface area (Å²) in [7, 11) is 0. The second-order valence-corrected chi connectivity index (χ2v) is 6.54. The van der Waals surface area contributed by atoms with Crippen LogP contribution in [0.2, 0.25) is 10.0 Å². The van der Waals surface area contributed by atoms with E-state index in [2.05, 4.69) is 0 Å². The highest BCUT2D eigenvalue weighted by atomic mass is 35.5. The van der Waals surface area contributed by atoms with Crippen molar-refractivity contribution in [3.05, 3.63) is 69.2 Å². The zero-order valence-corrected chi connectivity index (χ0v) is 15.2. The summed E-state index contributed by atoms with van der Waals surface area (Å²) in [5.41, 5.74) is 1.07. The summed E-state index contributed by atoms with van der Waals surface area (Å²) in [4.78, 5) is 37.7. The summed E-state index contributed by atoms with van der Waals surface area (Å²) in [6.45, 7) is 0.437. The first kappa shape index (κ1) is 18.4. The van der Waals surface area contributed by atoms with E-state index < -0.39 is 5.97 Å². The van der Waals surface area contributed by atoms with Crippen LogP contribution in [-0.4, -0.2) is 35.8 Å². The minimum atomic E-state index is -0.557. The number of halogens is 2. The highest BCUT2D eigenvalue weighted by Crippen LogP contribution is 2.26. The van der Waals surface area contributed by atoms with Gasteiger partial charge in [-0.1, -0.05) is 41.4 Å². The standard InChI is InChI=1S/C19H15Cl2NO4/c20-15-9-5-8-14(16(15)21)19(25)26-11-4-3-10-22-17(23)12-6-1-2-7-13(12)18(22)24/h1-2,5-9H,3-4,10-11H2. The average molecular weight is 392 g/mol. The number of benzene rings is 2. The largest absolute Gasteiger partial charge is 0.462 e. The van der Waals surface area contributed by atoms with Gasteiger partial charge in [0.2, 0.25) is 0 Å². The van der Waals surface area contributed by atoms with Gasteiger partial charge in [-0.2, -0.15) is 0 Å². The molecule has 1 heterocycles. The van der Waals surface area contributed by atoms with Crippen LogP contribution in [0.1, 0.15) is 43.9 Å². The number of unbranched alkanes of at least 4 members (excludes halogenated alkanes) is 1. The van der Waals surface area contributed by atoms with Crippen LogP contribution >= 0.6 is 23.2 Å². The third kappa shape index (κ3) is 3.59. The van der Waals surface area contributed by atoms with E-state index in [0.717, 1.165) is 0 Å². The first-order chi connectivity index (χ1) is 12.5. The number of hydrogen-bond acceptors (Lipinski definition) is 4. The second kappa shape index (κ2) is 7.89. The molecule has 1 aliphatic rings. The molecule has 0 saturated heterocycles. The first-order valence-electron chi connectivity index (χ1n) is 8.07. The smallest absolute Gasteiger partial charge is 0.339 e. The third-order valence-electron chi connectivity index (χ3n) is 4.06. The van der Waals surface area contributed by atoms with Gasteiger partial charge in [0.15, 0.2) is 0 Å². The van der Waals surface area contributed by atoms with Gasteiger partial charge in [0.1, 0.15) is 0 Å². The van der Waals surface area contributed by atoms with E-state index in [1.54, 1.807) is 36.4 Å². The Hall–Kier alpha value is -2.37. The number of amides is 2. The number of imide groups is 1. The number of rotatable bonds is 6. The molecule has 2 amide bonds. The zero-order chi connectivity index (χ0) is 18.7. The molecule has 0 fully saturated rings. The molecule has 0 aromatic heterocycles. The summed E-state index contributed by atoms with van der Waals surface area (Å²) < 4.78 is 5.17. The molecule has 5 nitrogen and oxygen atoms in total. The molecule has 0 bridgehead atoms. The Labute approximate surface area is 160 Å². The lowest BCUT2D eigenvalue weighted by Crippen LogP contribution is -2.30. The minimum Gasteiger partial charge on any atom is -0.462 e. The van der Waals surface area contributed by atoms with Crippen LogP contribution in [0.3, 0.4) is 0 Å². The van der Waals surface area contributed by atoms with Gasteiger partial charge in [-0.3, -0.25) is 14.5 Å². The number of fused-ring (bicyclic) bond motifs is 1. The molecular formula is C19H15Cl2NO4. The van der Waals surface area contributed by atoms with E-state index in [9.17, 15) is 14.4 Å². The fraction of sp³-hybridized carbons (Fsp3) is 0.211. The Morgan fingerprint density at radius 3 is 2.23 bits per heavy atom. The van der Waals surface area contributed by atoms with Gasteiger partial charge in [0.05, 0.1) is 33.3 Å². The van der Waals surface area contributed by atoms with Crippen LogP contribution in [-0.2, 0) is 4.74 Å². The Morgan fingerprint density at radius 1 is 0.923 bits per heavy atom. The van der Waals surface area contributed by atoms with Gasteiger partial charge in [0.25, 0.3) is 11.8 Å². The molecule has 2 aromatic rings. The molecule has 26 heavy (non-hydrogen) atoms. The SMILES string of the molecule is O=C(OCCCCN1C(=O)c2ccccc2C1=O)c1cccc(Cl)c1Cl. The summed E-state index contributed by atoms with van der Waals surface area (Å²) in [5, 5.41) is 0.442. The molecule has 0 unspecified atom stereocenters. The van der Waals surface area contributed by atoms with Crippen molar-refractivity contribution < 1.29 is 19.1 Å². The number of nitrogens with zero attached hydrogens (tertiary/aromatic N) is 1. The molecule has 1 aliphatic heterocycles. The van der Waals surface area contributed by atoms with Crippen molar-refractivity contribution in [2.24, 2.45) is 0 Å². The molecule has 134 valence electrons. The van der Waals surface area contributed by atoms with Crippen molar-refractivity contribution in [1.82, 2.24) is 4.90 Å². The maximum Gasteiger partial charge on any atom is 0.339 e. The van der Waals surface area contributed by atoms with Crippen molar-refractivity contribution in [2.75, 3.05) is 13.2 Å². The van der Waals surface area contributed by atoms with Gasteiger partial charge in [0, 0.05) is 6.54 Å². The molecule has 0 aliphatic carbocycles. The number of carbonyl (C=O) groups excluding carboxylic acids is 3. The van der Waals surface area contributed by atoms with Gasteiger partial charge in [-0.25, -0.2) is 4.79 Å². The van der Waals surface area contributed by atoms with Crippen molar-refractivity contribution >= 4 is 41.0 Å². The molecule has 0 N–H and O–H groups in total. The summed E-state index contributed by atoms with van der Waals surface area (Å²) in [6.07, 6.45) is 1.04. The molecular weight excluding hydrogens is 377 g/mol. The molecule has 0 spiro atoms. The Bertz CT molecular complexity index is 847. The fourth-order valence-electron chi connectivity index (χ4n) is 2.72. The monoisotopic (exact) mass is 391 g/mol. The van der Waals surface area contributed by atoms with Crippen LogP contribution in [0.15, 0.2) is 42.5 Å². The fourth-order valence-corrected chi connectivity index (χ4v) is 3.10. The van der Waals surface area contributed by atoms with Crippen molar-refractivity contribution in [2.45, 2.75) is 12.8 Å². The Morgan fingerprint density at radius 2 is 1.58 bits per heavy atom. The molecule has 2 aromatic carbocycles. The van der Waals surface area contributed by atoms with E-state index in [1.165, 1.54) is 11.0 Å². The molecule has 0 radical (unpaired) electrons. The number of ether oxygens (including phenoxy) is 1. The Balaban J connectivity index is 1.47. The molecule has 3 rings (SSSR count). The maximum absolute atomic E-state index is 12.2. The van der Waals surface area contributed by atoms with E-state index in [1.807, 2.05) is 0 Å². The lowest BCUT2D eigenvalue weighted by atomic mass is 10.1. The first-order valence-corrected chi connectivity index (χ1v) is 8.82. The lowest BCUT2D eigenvalue weighted by molar-refractivity contribution is 0.0486. The van der Waals surface area contributed by atoms with Gasteiger partial charge >= 0.3 is 5.97 Å². The van der Waals surface area contributed by atoms with Crippen molar-refractivity contribution in [3.63, 3.8) is 0 Å². The Kier molecular flexibility index (Phi) is 5.59. The number of hydrogen-bond donors (Lipinski definition) is 0. The summed E-state index contributed by atoms with van der Waals surface area (Å²) in [5.74, 6) is -1.13. The quantitative estimate of drug-likeness (QED) is 0.419. The zero-order valence-electron chi connectivity index (χ0n) is 13.7. The highest BCUT2D eigenvalue weighted by Gasteiger charge is 2.34. The number of carbonyl (C=O) groups is 3. The van der Waals surface area contributed by atoms with Gasteiger partial charge < -0.3 is 4.74 Å². The van der Waals surface area contributed by atoms with E-state index in [4.69, 9.17) is 27.9 Å². The topological polar surface area (TPSA) is 63.7 Å². The minimum absolute atomic E-state index is 0.158. The average Bonchev–Trinajstić information content (AvgIpc) is 2.88. The third-order valence-corrected chi connectivity index (χ3v) is 4.88. The molecule has 0 saturated carbocycles. The van der Waals surface area contributed by atoms with Crippen molar-refractivity contribution in [3.8, 4) is 0 Å². The lowest BCUT2D eigenvalue weighted by Gasteiger charge is -2.13. The normalized spacial score (nSPS) is 13.1. The van der Waals surface area contributed by atoms with Crippen LogP contribution in [0.5, 0.6) is 0 Å². The maximum atomic E-state index is 12.2. The number of esters is 1. The van der Waals surface area contributed by atoms with Gasteiger partial charge in [-0.05, 0) is 37.1 Å². The molecule has 0 atom stereocenters. The molecule has 7 heteroatoms. The van der Waals surface area contributed by atoms with E-state index in [0.29, 0.717) is 24.0 Å². The van der Waals surface area contributed by atoms with E-state index in [-0.39, 0.29) is 40.6 Å². The van der Waals surface area contributed by atoms with Crippen LogP contribution in [0.25, 0.3) is 0 Å². The highest BCUT2D eigenvalue weighted by molar-refractivity contribution is 6.43. The van der Waals surface area contributed by atoms with Crippen LogP contribution in [0, 0.1) is 0 Å². The van der Waals surface area contributed by atoms with Crippen LogP contribution < -0.4 is 0 Å². The predicted molar refractivity (Wildman–Crippen MR) is 97.8 cm³/mol. The van der Waals surface area contributed by atoms with Gasteiger partial charge in [-0.15, -0.1) is 0 Å². The van der Waals surface area contributed by atoms with E-state index >= 15 is 0 Å². The van der Waals surface area contributed by atoms with Crippen molar-refractivity contribution in [1.29, 1.82) is 0 Å². The van der Waals surface area contributed by atoms with Crippen LogP contribution in [0.4, 0.5) is 0 Å².